The first-order chi connectivity index (χ1) is 9.78. The van der Waals surface area contributed by atoms with Gasteiger partial charge in [0, 0.05) is 18.8 Å². The SMILES string of the molecule is NNC(=O)C1CCC(CN2CCCc3ccccc32)O1. The minimum Gasteiger partial charge on any atom is -0.369 e. The van der Waals surface area contributed by atoms with E-state index in [2.05, 4.69) is 34.6 Å². The summed E-state index contributed by atoms with van der Waals surface area (Å²) in [5.41, 5.74) is 4.89. The second-order valence-corrected chi connectivity index (χ2v) is 5.51. The number of rotatable bonds is 3. The molecule has 5 nitrogen and oxygen atoms in total. The van der Waals surface area contributed by atoms with Crippen molar-refractivity contribution in [3.05, 3.63) is 29.8 Å². The third kappa shape index (κ3) is 2.64. The molecule has 3 N–H and O–H groups in total. The van der Waals surface area contributed by atoms with Crippen LogP contribution in [0.5, 0.6) is 0 Å². The maximum Gasteiger partial charge on any atom is 0.263 e. The van der Waals surface area contributed by atoms with Gasteiger partial charge in [0.1, 0.15) is 6.10 Å². The number of carbonyl (C=O) groups is 1. The molecule has 0 bridgehead atoms. The van der Waals surface area contributed by atoms with Crippen LogP contribution in [0.4, 0.5) is 5.69 Å². The van der Waals surface area contributed by atoms with Crippen molar-refractivity contribution in [2.45, 2.75) is 37.9 Å². The first kappa shape index (κ1) is 13.4. The standard InChI is InChI=1S/C15H21N3O2/c16-17-15(19)14-8-7-12(20-14)10-18-9-3-5-11-4-1-2-6-13(11)18/h1-2,4,6,12,14H,3,5,7-10,16H2,(H,17,19). The number of fused-ring (bicyclic) bond motifs is 1. The summed E-state index contributed by atoms with van der Waals surface area (Å²) in [4.78, 5) is 13.9. The number of nitrogens with two attached hydrogens (primary N) is 1. The van der Waals surface area contributed by atoms with E-state index in [1.54, 1.807) is 0 Å². The number of hydrazine groups is 1. The Morgan fingerprint density at radius 3 is 3.10 bits per heavy atom. The number of carbonyl (C=O) groups excluding carboxylic acids is 1. The highest BCUT2D eigenvalue weighted by atomic mass is 16.5. The summed E-state index contributed by atoms with van der Waals surface area (Å²) in [6.45, 7) is 1.91. The number of benzene rings is 1. The second-order valence-electron chi connectivity index (χ2n) is 5.51. The molecule has 5 heteroatoms. The maximum absolute atomic E-state index is 11.5. The molecular formula is C15H21N3O2. The Bertz CT molecular complexity index is 492. The van der Waals surface area contributed by atoms with Crippen LogP contribution >= 0.6 is 0 Å². The third-order valence-electron chi connectivity index (χ3n) is 4.17. The molecule has 1 aromatic rings. The van der Waals surface area contributed by atoms with Crippen LogP contribution in [0, 0.1) is 0 Å². The number of aryl methyl sites for hydroxylation is 1. The summed E-state index contributed by atoms with van der Waals surface area (Å²) < 4.78 is 5.80. The zero-order chi connectivity index (χ0) is 13.9. The summed E-state index contributed by atoms with van der Waals surface area (Å²) >= 11 is 0. The minimum atomic E-state index is -0.384. The fraction of sp³-hybridized carbons (Fsp3) is 0.533. The highest BCUT2D eigenvalue weighted by Crippen LogP contribution is 2.29. The van der Waals surface area contributed by atoms with Gasteiger partial charge in [-0.2, -0.15) is 0 Å². The van der Waals surface area contributed by atoms with E-state index in [4.69, 9.17) is 10.6 Å². The van der Waals surface area contributed by atoms with Gasteiger partial charge in [0.2, 0.25) is 0 Å². The first-order valence-corrected chi connectivity index (χ1v) is 7.26. The zero-order valence-electron chi connectivity index (χ0n) is 11.5. The van der Waals surface area contributed by atoms with Crippen LogP contribution < -0.4 is 16.2 Å². The number of ether oxygens (including phenoxy) is 1. The summed E-state index contributed by atoms with van der Waals surface area (Å²) in [6, 6.07) is 8.54. The molecule has 0 spiro atoms. The predicted molar refractivity (Wildman–Crippen MR) is 77.2 cm³/mol. The number of anilines is 1. The third-order valence-corrected chi connectivity index (χ3v) is 4.17. The van der Waals surface area contributed by atoms with Gasteiger partial charge in [0.05, 0.1) is 6.10 Å². The van der Waals surface area contributed by atoms with Gasteiger partial charge in [0.15, 0.2) is 0 Å². The molecule has 2 atom stereocenters. The molecule has 3 rings (SSSR count). The van der Waals surface area contributed by atoms with Crippen LogP contribution in [-0.4, -0.2) is 31.2 Å². The van der Waals surface area contributed by atoms with Crippen molar-refractivity contribution in [1.82, 2.24) is 5.43 Å². The number of nitrogens with zero attached hydrogens (tertiary/aromatic N) is 1. The van der Waals surface area contributed by atoms with Gasteiger partial charge in [-0.3, -0.25) is 10.2 Å². The Morgan fingerprint density at radius 1 is 1.40 bits per heavy atom. The molecule has 2 aliphatic rings. The zero-order valence-corrected chi connectivity index (χ0v) is 11.5. The van der Waals surface area contributed by atoms with Crippen LogP contribution in [0.25, 0.3) is 0 Å². The summed E-state index contributed by atoms with van der Waals surface area (Å²) in [5.74, 6) is 4.94. The van der Waals surface area contributed by atoms with Crippen molar-refractivity contribution in [3.63, 3.8) is 0 Å². The van der Waals surface area contributed by atoms with Crippen LogP contribution in [0.15, 0.2) is 24.3 Å². The van der Waals surface area contributed by atoms with Crippen LogP contribution in [0.1, 0.15) is 24.8 Å². The highest BCUT2D eigenvalue weighted by molar-refractivity contribution is 5.80. The van der Waals surface area contributed by atoms with E-state index in [0.29, 0.717) is 0 Å². The predicted octanol–water partition coefficient (Wildman–Crippen LogP) is 0.977. The van der Waals surface area contributed by atoms with Crippen molar-refractivity contribution in [2.75, 3.05) is 18.0 Å². The fourth-order valence-electron chi connectivity index (χ4n) is 3.17. The van der Waals surface area contributed by atoms with E-state index >= 15 is 0 Å². The Kier molecular flexibility index (Phi) is 3.89. The quantitative estimate of drug-likeness (QED) is 0.490. The van der Waals surface area contributed by atoms with Crippen molar-refractivity contribution < 1.29 is 9.53 Å². The highest BCUT2D eigenvalue weighted by Gasteiger charge is 2.32. The number of para-hydroxylation sites is 1. The Morgan fingerprint density at radius 2 is 2.25 bits per heavy atom. The molecule has 2 unspecified atom stereocenters. The molecule has 108 valence electrons. The lowest BCUT2D eigenvalue weighted by atomic mass is 10.0. The normalized spacial score (nSPS) is 25.4. The van der Waals surface area contributed by atoms with Gasteiger partial charge < -0.3 is 9.64 Å². The van der Waals surface area contributed by atoms with Crippen LogP contribution in [-0.2, 0) is 16.0 Å². The van der Waals surface area contributed by atoms with Crippen LogP contribution in [0.3, 0.4) is 0 Å². The fourth-order valence-corrected chi connectivity index (χ4v) is 3.17. The molecule has 20 heavy (non-hydrogen) atoms. The molecule has 0 saturated carbocycles. The lowest BCUT2D eigenvalue weighted by Gasteiger charge is -2.33. The van der Waals surface area contributed by atoms with Crippen molar-refractivity contribution in [1.29, 1.82) is 0 Å². The van der Waals surface area contributed by atoms with Crippen LogP contribution in [0.2, 0.25) is 0 Å². The second kappa shape index (κ2) is 5.81. The average molecular weight is 275 g/mol. The van der Waals surface area contributed by atoms with Gasteiger partial charge in [-0.25, -0.2) is 5.84 Å². The van der Waals surface area contributed by atoms with Gasteiger partial charge in [-0.05, 0) is 37.3 Å². The van der Waals surface area contributed by atoms with E-state index in [0.717, 1.165) is 32.4 Å². The smallest absolute Gasteiger partial charge is 0.263 e. The van der Waals surface area contributed by atoms with Crippen molar-refractivity contribution in [2.24, 2.45) is 5.84 Å². The van der Waals surface area contributed by atoms with Gasteiger partial charge >= 0.3 is 0 Å². The molecule has 1 aromatic carbocycles. The summed E-state index contributed by atoms with van der Waals surface area (Å²) in [5, 5.41) is 0. The lowest BCUT2D eigenvalue weighted by Crippen LogP contribution is -2.40. The molecule has 0 aromatic heterocycles. The van der Waals surface area contributed by atoms with E-state index < -0.39 is 0 Å². The Balaban J connectivity index is 1.64. The molecule has 2 aliphatic heterocycles. The van der Waals surface area contributed by atoms with E-state index in [-0.39, 0.29) is 18.1 Å². The molecule has 1 saturated heterocycles. The van der Waals surface area contributed by atoms with Gasteiger partial charge in [0.25, 0.3) is 5.91 Å². The van der Waals surface area contributed by atoms with Gasteiger partial charge in [-0.1, -0.05) is 18.2 Å². The molecule has 1 amide bonds. The number of hydrogen-bond acceptors (Lipinski definition) is 4. The van der Waals surface area contributed by atoms with Crippen molar-refractivity contribution >= 4 is 11.6 Å². The Labute approximate surface area is 119 Å². The molecular weight excluding hydrogens is 254 g/mol. The molecule has 1 fully saturated rings. The first-order valence-electron chi connectivity index (χ1n) is 7.26. The average Bonchev–Trinajstić information content (AvgIpc) is 2.95. The minimum absolute atomic E-state index is 0.114. The number of nitrogens with one attached hydrogen (secondary N) is 1. The molecule has 2 heterocycles. The summed E-state index contributed by atoms with van der Waals surface area (Å²) in [7, 11) is 0. The largest absolute Gasteiger partial charge is 0.369 e. The van der Waals surface area contributed by atoms with Gasteiger partial charge in [-0.15, -0.1) is 0 Å². The topological polar surface area (TPSA) is 67.6 Å². The number of amides is 1. The maximum atomic E-state index is 11.5. The lowest BCUT2D eigenvalue weighted by molar-refractivity contribution is -0.131. The number of hydrogen-bond donors (Lipinski definition) is 2. The van der Waals surface area contributed by atoms with E-state index in [9.17, 15) is 4.79 Å². The molecule has 0 radical (unpaired) electrons. The van der Waals surface area contributed by atoms with E-state index in [1.807, 2.05) is 0 Å². The van der Waals surface area contributed by atoms with E-state index in [1.165, 1.54) is 17.7 Å². The molecule has 0 aliphatic carbocycles. The summed E-state index contributed by atoms with van der Waals surface area (Å²) in [6.07, 6.45) is 3.72. The Hall–Kier alpha value is -1.59. The monoisotopic (exact) mass is 275 g/mol. The van der Waals surface area contributed by atoms with Crippen molar-refractivity contribution in [3.8, 4) is 0 Å².